The molecule has 0 bridgehead atoms. The molecule has 3 nitrogen and oxygen atoms in total. The Morgan fingerprint density at radius 2 is 1.94 bits per heavy atom. The number of nitrogens with zero attached hydrogens (tertiary/aromatic N) is 2. The number of anilines is 1. The first-order valence-electron chi connectivity index (χ1n) is 5.73. The van der Waals surface area contributed by atoms with Gasteiger partial charge in [-0.2, -0.15) is 0 Å². The second kappa shape index (κ2) is 3.83. The number of benzene rings is 1. The Balaban J connectivity index is 2.10. The standard InChI is InChI=1S/C13H16N2O/c1-14-6-5-11-3-2-4-12(13(11)14)15-7-9-16-10-8-15/h2-6H,7-10H2,1H3. The molecule has 0 unspecified atom stereocenters. The predicted molar refractivity (Wildman–Crippen MR) is 66.0 cm³/mol. The van der Waals surface area contributed by atoms with Crippen LogP contribution in [0.3, 0.4) is 0 Å². The van der Waals surface area contributed by atoms with Crippen LogP contribution < -0.4 is 4.90 Å². The molecule has 1 aromatic carbocycles. The second-order valence-corrected chi connectivity index (χ2v) is 4.24. The average Bonchev–Trinajstić information content (AvgIpc) is 2.73. The lowest BCUT2D eigenvalue weighted by Crippen LogP contribution is -2.36. The molecule has 0 saturated carbocycles. The van der Waals surface area contributed by atoms with Crippen molar-refractivity contribution in [1.82, 2.24) is 4.57 Å². The number of para-hydroxylation sites is 1. The number of aryl methyl sites for hydroxylation is 1. The Labute approximate surface area is 95.2 Å². The van der Waals surface area contributed by atoms with E-state index in [9.17, 15) is 0 Å². The van der Waals surface area contributed by atoms with Crippen molar-refractivity contribution in [2.45, 2.75) is 0 Å². The van der Waals surface area contributed by atoms with Gasteiger partial charge in [0.05, 0.1) is 24.4 Å². The minimum atomic E-state index is 0.834. The van der Waals surface area contributed by atoms with Crippen LogP contribution in [0.25, 0.3) is 10.9 Å². The van der Waals surface area contributed by atoms with Crippen LogP contribution in [0.15, 0.2) is 30.5 Å². The fourth-order valence-corrected chi connectivity index (χ4v) is 2.39. The molecule has 1 aliphatic rings. The van der Waals surface area contributed by atoms with Gasteiger partial charge in [0.2, 0.25) is 0 Å². The molecule has 16 heavy (non-hydrogen) atoms. The van der Waals surface area contributed by atoms with E-state index in [0.717, 1.165) is 26.3 Å². The highest BCUT2D eigenvalue weighted by molar-refractivity contribution is 5.92. The van der Waals surface area contributed by atoms with Crippen LogP contribution in [0.5, 0.6) is 0 Å². The van der Waals surface area contributed by atoms with Gasteiger partial charge in [0.15, 0.2) is 0 Å². The largest absolute Gasteiger partial charge is 0.378 e. The number of ether oxygens (including phenoxy) is 1. The third kappa shape index (κ3) is 1.48. The van der Waals surface area contributed by atoms with E-state index in [1.165, 1.54) is 16.6 Å². The van der Waals surface area contributed by atoms with Crippen LogP contribution in [0.1, 0.15) is 0 Å². The van der Waals surface area contributed by atoms with E-state index in [2.05, 4.69) is 47.0 Å². The van der Waals surface area contributed by atoms with E-state index in [1.807, 2.05) is 0 Å². The van der Waals surface area contributed by atoms with E-state index in [1.54, 1.807) is 0 Å². The molecule has 0 atom stereocenters. The van der Waals surface area contributed by atoms with Crippen LogP contribution in [0.2, 0.25) is 0 Å². The zero-order chi connectivity index (χ0) is 11.0. The van der Waals surface area contributed by atoms with Gasteiger partial charge < -0.3 is 14.2 Å². The van der Waals surface area contributed by atoms with Crippen LogP contribution in [-0.2, 0) is 11.8 Å². The van der Waals surface area contributed by atoms with Crippen molar-refractivity contribution in [1.29, 1.82) is 0 Å². The molecule has 3 rings (SSSR count). The lowest BCUT2D eigenvalue weighted by atomic mass is 10.2. The maximum atomic E-state index is 5.40. The van der Waals surface area contributed by atoms with Gasteiger partial charge in [0, 0.05) is 31.7 Å². The smallest absolute Gasteiger partial charge is 0.0715 e. The summed E-state index contributed by atoms with van der Waals surface area (Å²) in [5, 5.41) is 1.31. The highest BCUT2D eigenvalue weighted by atomic mass is 16.5. The number of hydrogen-bond donors (Lipinski definition) is 0. The third-order valence-corrected chi connectivity index (χ3v) is 3.23. The van der Waals surface area contributed by atoms with Crippen molar-refractivity contribution >= 4 is 16.6 Å². The summed E-state index contributed by atoms with van der Waals surface area (Å²) in [6, 6.07) is 8.67. The summed E-state index contributed by atoms with van der Waals surface area (Å²) in [7, 11) is 2.10. The third-order valence-electron chi connectivity index (χ3n) is 3.23. The number of aromatic nitrogens is 1. The molecule has 0 radical (unpaired) electrons. The molecular formula is C13H16N2O. The molecule has 0 N–H and O–H groups in total. The Morgan fingerprint density at radius 3 is 2.75 bits per heavy atom. The summed E-state index contributed by atoms with van der Waals surface area (Å²) in [6.07, 6.45) is 2.12. The molecular weight excluding hydrogens is 200 g/mol. The molecule has 84 valence electrons. The van der Waals surface area contributed by atoms with Gasteiger partial charge in [-0.15, -0.1) is 0 Å². The van der Waals surface area contributed by atoms with Gasteiger partial charge in [0.25, 0.3) is 0 Å². The van der Waals surface area contributed by atoms with Gasteiger partial charge in [-0.05, 0) is 12.1 Å². The lowest BCUT2D eigenvalue weighted by molar-refractivity contribution is 0.123. The molecule has 0 aliphatic carbocycles. The summed E-state index contributed by atoms with van der Waals surface area (Å²) >= 11 is 0. The van der Waals surface area contributed by atoms with Gasteiger partial charge >= 0.3 is 0 Å². The van der Waals surface area contributed by atoms with Gasteiger partial charge in [-0.25, -0.2) is 0 Å². The summed E-state index contributed by atoms with van der Waals surface area (Å²) in [5.41, 5.74) is 2.65. The van der Waals surface area contributed by atoms with Crippen molar-refractivity contribution in [3.8, 4) is 0 Å². The fourth-order valence-electron chi connectivity index (χ4n) is 2.39. The number of morpholine rings is 1. The predicted octanol–water partition coefficient (Wildman–Crippen LogP) is 2.01. The number of fused-ring (bicyclic) bond motifs is 1. The van der Waals surface area contributed by atoms with Crippen LogP contribution in [0.4, 0.5) is 5.69 Å². The molecule has 2 aromatic rings. The second-order valence-electron chi connectivity index (χ2n) is 4.24. The van der Waals surface area contributed by atoms with Crippen LogP contribution in [0, 0.1) is 0 Å². The first-order chi connectivity index (χ1) is 7.86. The van der Waals surface area contributed by atoms with E-state index < -0.39 is 0 Å². The summed E-state index contributed by atoms with van der Waals surface area (Å²) in [6.45, 7) is 3.65. The first-order valence-corrected chi connectivity index (χ1v) is 5.73. The highest BCUT2D eigenvalue weighted by Gasteiger charge is 2.14. The topological polar surface area (TPSA) is 17.4 Å². The van der Waals surface area contributed by atoms with Crippen molar-refractivity contribution in [3.63, 3.8) is 0 Å². The van der Waals surface area contributed by atoms with Gasteiger partial charge in [-0.1, -0.05) is 12.1 Å². The van der Waals surface area contributed by atoms with Crippen LogP contribution >= 0.6 is 0 Å². The van der Waals surface area contributed by atoms with Crippen molar-refractivity contribution in [2.24, 2.45) is 7.05 Å². The number of hydrogen-bond acceptors (Lipinski definition) is 2. The Kier molecular flexibility index (Phi) is 2.33. The lowest BCUT2D eigenvalue weighted by Gasteiger charge is -2.29. The highest BCUT2D eigenvalue weighted by Crippen LogP contribution is 2.27. The van der Waals surface area contributed by atoms with E-state index in [-0.39, 0.29) is 0 Å². The van der Waals surface area contributed by atoms with E-state index in [4.69, 9.17) is 4.74 Å². The van der Waals surface area contributed by atoms with Crippen LogP contribution in [-0.4, -0.2) is 30.9 Å². The first kappa shape index (κ1) is 9.73. The van der Waals surface area contributed by atoms with E-state index >= 15 is 0 Å². The molecule has 3 heteroatoms. The zero-order valence-corrected chi connectivity index (χ0v) is 9.52. The molecule has 0 spiro atoms. The average molecular weight is 216 g/mol. The van der Waals surface area contributed by atoms with Gasteiger partial charge in [-0.3, -0.25) is 0 Å². The maximum Gasteiger partial charge on any atom is 0.0715 e. The molecule has 1 saturated heterocycles. The molecule has 1 aromatic heterocycles. The molecule has 0 amide bonds. The fraction of sp³-hybridized carbons (Fsp3) is 0.385. The normalized spacial score (nSPS) is 16.9. The molecule has 1 aliphatic heterocycles. The monoisotopic (exact) mass is 216 g/mol. The summed E-state index contributed by atoms with van der Waals surface area (Å²) in [5.74, 6) is 0. The zero-order valence-electron chi connectivity index (χ0n) is 9.52. The number of rotatable bonds is 1. The SMILES string of the molecule is Cn1ccc2cccc(N3CCOCC3)c21. The Morgan fingerprint density at radius 1 is 1.12 bits per heavy atom. The molecule has 1 fully saturated rings. The van der Waals surface area contributed by atoms with Gasteiger partial charge in [0.1, 0.15) is 0 Å². The summed E-state index contributed by atoms with van der Waals surface area (Å²) in [4.78, 5) is 2.41. The Hall–Kier alpha value is -1.48. The summed E-state index contributed by atoms with van der Waals surface area (Å²) < 4.78 is 7.59. The Bertz CT molecular complexity index is 498. The molecule has 2 heterocycles. The van der Waals surface area contributed by atoms with E-state index in [0.29, 0.717) is 0 Å². The van der Waals surface area contributed by atoms with Crippen molar-refractivity contribution in [2.75, 3.05) is 31.2 Å². The minimum Gasteiger partial charge on any atom is -0.378 e. The van der Waals surface area contributed by atoms with Crippen molar-refractivity contribution < 1.29 is 4.74 Å². The van der Waals surface area contributed by atoms with Crippen molar-refractivity contribution in [3.05, 3.63) is 30.5 Å². The quantitative estimate of drug-likeness (QED) is 0.725. The maximum absolute atomic E-state index is 5.40. The minimum absolute atomic E-state index is 0.834.